The maximum atomic E-state index is 13.1. The number of likely N-dealkylation sites (N-methyl/N-ethyl adjacent to an activating group) is 1. The molecule has 1 aliphatic carbocycles. The molecule has 6 heteroatoms. The fourth-order valence-corrected chi connectivity index (χ4v) is 4.63. The molecule has 1 aliphatic rings. The van der Waals surface area contributed by atoms with Crippen molar-refractivity contribution in [3.05, 3.63) is 59.5 Å². The second-order valence-corrected chi connectivity index (χ2v) is 10.2. The van der Waals surface area contributed by atoms with Gasteiger partial charge in [0.15, 0.2) is 0 Å². The van der Waals surface area contributed by atoms with Gasteiger partial charge in [-0.3, -0.25) is 14.9 Å². The average molecular weight is 434 g/mol. The summed E-state index contributed by atoms with van der Waals surface area (Å²) in [5, 5.41) is 11.6. The molecule has 2 N–H and O–H groups in total. The zero-order chi connectivity index (χ0) is 22.9. The van der Waals surface area contributed by atoms with Crippen LogP contribution in [0.1, 0.15) is 55.7 Å². The Hall–Kier alpha value is -2.73. The predicted octanol–water partition coefficient (Wildman–Crippen LogP) is 4.22. The fourth-order valence-electron chi connectivity index (χ4n) is 4.63. The van der Waals surface area contributed by atoms with Crippen LogP contribution in [0.2, 0.25) is 0 Å². The largest absolute Gasteiger partial charge is 0.354 e. The van der Waals surface area contributed by atoms with Crippen LogP contribution in [-0.4, -0.2) is 52.2 Å². The van der Waals surface area contributed by atoms with E-state index in [0.717, 1.165) is 17.3 Å². The minimum atomic E-state index is -0.203. The van der Waals surface area contributed by atoms with Gasteiger partial charge in [-0.25, -0.2) is 0 Å². The second kappa shape index (κ2) is 8.66. The topological polar surface area (TPSA) is 73.9 Å². The van der Waals surface area contributed by atoms with Crippen molar-refractivity contribution in [1.82, 2.24) is 25.4 Å². The lowest BCUT2D eigenvalue weighted by atomic mass is 9.82. The molecule has 0 saturated heterocycles. The highest BCUT2D eigenvalue weighted by Gasteiger charge is 2.46. The molecule has 0 unspecified atom stereocenters. The van der Waals surface area contributed by atoms with Crippen molar-refractivity contribution < 1.29 is 4.79 Å². The van der Waals surface area contributed by atoms with Gasteiger partial charge < -0.3 is 10.2 Å². The first kappa shape index (κ1) is 22.5. The number of rotatable bonds is 9. The van der Waals surface area contributed by atoms with Crippen molar-refractivity contribution in [3.8, 4) is 0 Å². The van der Waals surface area contributed by atoms with Crippen LogP contribution in [-0.2, 0) is 11.2 Å². The summed E-state index contributed by atoms with van der Waals surface area (Å²) in [4.78, 5) is 19.6. The Morgan fingerprint density at radius 1 is 1.28 bits per heavy atom. The monoisotopic (exact) mass is 433 g/mol. The Balaban J connectivity index is 1.45. The standard InChI is InChI=1S/C26H35N5O/c1-18-19(8-9-23-21(18)16-29-30-23)14-26(3,31(4)5)17-28-24(32)13-22(25(2)10-11-25)20-7-6-12-27-15-20/h6-9,12,15-16,22H,10-11,13-14,17H2,1-5H3,(H,28,32)(H,29,30)/t22-,26-/m1/s1. The summed E-state index contributed by atoms with van der Waals surface area (Å²) in [6, 6.07) is 8.33. The number of pyridine rings is 1. The number of aromatic amines is 1. The van der Waals surface area contributed by atoms with Gasteiger partial charge >= 0.3 is 0 Å². The van der Waals surface area contributed by atoms with Gasteiger partial charge in [-0.1, -0.05) is 19.1 Å². The summed E-state index contributed by atoms with van der Waals surface area (Å²) in [5.41, 5.74) is 4.76. The van der Waals surface area contributed by atoms with E-state index in [-0.39, 0.29) is 22.8 Å². The smallest absolute Gasteiger partial charge is 0.220 e. The van der Waals surface area contributed by atoms with Crippen LogP contribution in [0.25, 0.3) is 10.9 Å². The number of hydrogen-bond acceptors (Lipinski definition) is 4. The molecule has 0 bridgehead atoms. The third-order valence-electron chi connectivity index (χ3n) is 7.68. The Labute approximate surface area is 190 Å². The summed E-state index contributed by atoms with van der Waals surface area (Å²) in [6.07, 6.45) is 9.29. The number of aryl methyl sites for hydroxylation is 1. The molecule has 0 spiro atoms. The molecule has 0 radical (unpaired) electrons. The van der Waals surface area contributed by atoms with E-state index in [1.54, 1.807) is 6.20 Å². The highest BCUT2D eigenvalue weighted by molar-refractivity contribution is 5.82. The minimum absolute atomic E-state index is 0.113. The third-order valence-corrected chi connectivity index (χ3v) is 7.68. The van der Waals surface area contributed by atoms with E-state index in [4.69, 9.17) is 0 Å². The quantitative estimate of drug-likeness (QED) is 0.530. The van der Waals surface area contributed by atoms with E-state index in [9.17, 15) is 4.79 Å². The van der Waals surface area contributed by atoms with Crippen LogP contribution in [0.4, 0.5) is 0 Å². The maximum absolute atomic E-state index is 13.1. The Bertz CT molecular complexity index is 1090. The van der Waals surface area contributed by atoms with E-state index in [1.807, 2.05) is 18.5 Å². The first-order chi connectivity index (χ1) is 15.2. The van der Waals surface area contributed by atoms with Crippen molar-refractivity contribution in [2.45, 2.75) is 57.9 Å². The molecule has 3 aromatic rings. The molecule has 6 nitrogen and oxygen atoms in total. The summed E-state index contributed by atoms with van der Waals surface area (Å²) >= 11 is 0. The SMILES string of the molecule is Cc1c(C[C@](C)(CNC(=O)C[C@H](c2cccnc2)C2(C)CC2)N(C)C)ccc2[nH]ncc12. The molecule has 1 amide bonds. The minimum Gasteiger partial charge on any atom is -0.354 e. The molecule has 32 heavy (non-hydrogen) atoms. The molecular weight excluding hydrogens is 398 g/mol. The number of amides is 1. The van der Waals surface area contributed by atoms with E-state index in [0.29, 0.717) is 13.0 Å². The summed E-state index contributed by atoms with van der Waals surface area (Å²) in [7, 11) is 4.17. The molecule has 4 rings (SSSR count). The average Bonchev–Trinajstić information content (AvgIpc) is 3.33. The van der Waals surface area contributed by atoms with Crippen molar-refractivity contribution in [1.29, 1.82) is 0 Å². The van der Waals surface area contributed by atoms with Gasteiger partial charge in [0.25, 0.3) is 0 Å². The normalized spacial score (nSPS) is 17.8. The van der Waals surface area contributed by atoms with Crippen molar-refractivity contribution in [2.75, 3.05) is 20.6 Å². The second-order valence-electron chi connectivity index (χ2n) is 10.2. The van der Waals surface area contributed by atoms with Gasteiger partial charge in [0, 0.05) is 36.3 Å². The first-order valence-electron chi connectivity index (χ1n) is 11.5. The van der Waals surface area contributed by atoms with Gasteiger partial charge in [0.2, 0.25) is 5.91 Å². The molecule has 2 aromatic heterocycles. The molecule has 2 heterocycles. The molecule has 1 fully saturated rings. The maximum Gasteiger partial charge on any atom is 0.220 e. The van der Waals surface area contributed by atoms with E-state index in [2.05, 4.69) is 78.5 Å². The zero-order valence-electron chi connectivity index (χ0n) is 19.9. The molecule has 2 atom stereocenters. The van der Waals surface area contributed by atoms with Gasteiger partial charge in [-0.15, -0.1) is 0 Å². The van der Waals surface area contributed by atoms with Crippen molar-refractivity contribution in [3.63, 3.8) is 0 Å². The van der Waals surface area contributed by atoms with Crippen LogP contribution in [0.5, 0.6) is 0 Å². The third kappa shape index (κ3) is 4.56. The van der Waals surface area contributed by atoms with Gasteiger partial charge in [-0.05, 0) is 87.4 Å². The lowest BCUT2D eigenvalue weighted by Crippen LogP contribution is -2.52. The summed E-state index contributed by atoms with van der Waals surface area (Å²) in [6.45, 7) is 7.25. The Morgan fingerprint density at radius 3 is 2.72 bits per heavy atom. The van der Waals surface area contributed by atoms with Crippen LogP contribution in [0.15, 0.2) is 42.9 Å². The van der Waals surface area contributed by atoms with Gasteiger partial charge in [-0.2, -0.15) is 5.10 Å². The van der Waals surface area contributed by atoms with E-state index < -0.39 is 0 Å². The van der Waals surface area contributed by atoms with Crippen LogP contribution >= 0.6 is 0 Å². The number of carbonyl (C=O) groups excluding carboxylic acids is 1. The van der Waals surface area contributed by atoms with Crippen LogP contribution < -0.4 is 5.32 Å². The number of hydrogen-bond donors (Lipinski definition) is 2. The molecule has 1 saturated carbocycles. The number of carbonyl (C=O) groups is 1. The first-order valence-corrected chi connectivity index (χ1v) is 11.5. The number of benzene rings is 1. The number of nitrogens with one attached hydrogen (secondary N) is 2. The van der Waals surface area contributed by atoms with Crippen molar-refractivity contribution >= 4 is 16.8 Å². The van der Waals surface area contributed by atoms with E-state index in [1.165, 1.54) is 29.5 Å². The number of nitrogens with zero attached hydrogens (tertiary/aromatic N) is 3. The molecular formula is C26H35N5O. The fraction of sp³-hybridized carbons (Fsp3) is 0.500. The zero-order valence-corrected chi connectivity index (χ0v) is 19.9. The van der Waals surface area contributed by atoms with Crippen LogP contribution in [0.3, 0.4) is 0 Å². The highest BCUT2D eigenvalue weighted by atomic mass is 16.1. The van der Waals surface area contributed by atoms with Crippen molar-refractivity contribution in [2.24, 2.45) is 5.41 Å². The Morgan fingerprint density at radius 2 is 2.06 bits per heavy atom. The van der Waals surface area contributed by atoms with Crippen LogP contribution in [0, 0.1) is 12.3 Å². The molecule has 170 valence electrons. The number of H-pyrrole nitrogens is 1. The lowest BCUT2D eigenvalue weighted by molar-refractivity contribution is -0.122. The van der Waals surface area contributed by atoms with Gasteiger partial charge in [0.1, 0.15) is 0 Å². The van der Waals surface area contributed by atoms with Gasteiger partial charge in [0.05, 0.1) is 11.7 Å². The highest BCUT2D eigenvalue weighted by Crippen LogP contribution is 2.56. The summed E-state index contributed by atoms with van der Waals surface area (Å²) < 4.78 is 0. The summed E-state index contributed by atoms with van der Waals surface area (Å²) in [5.74, 6) is 0.328. The van der Waals surface area contributed by atoms with E-state index >= 15 is 0 Å². The lowest BCUT2D eigenvalue weighted by Gasteiger charge is -2.37. The molecule has 0 aliphatic heterocycles. The predicted molar refractivity (Wildman–Crippen MR) is 129 cm³/mol. The number of aromatic nitrogens is 3. The Kier molecular flexibility index (Phi) is 6.08. The number of fused-ring (bicyclic) bond motifs is 1. The molecule has 1 aromatic carbocycles.